The molecule has 1 aliphatic heterocycles. The van der Waals surface area contributed by atoms with E-state index in [0.717, 1.165) is 23.3 Å². The van der Waals surface area contributed by atoms with Crippen molar-refractivity contribution in [1.82, 2.24) is 0 Å². The van der Waals surface area contributed by atoms with Gasteiger partial charge in [-0.2, -0.15) is 0 Å². The molecule has 6 heteroatoms. The minimum atomic E-state index is -1.47. The van der Waals surface area contributed by atoms with Crippen LogP contribution in [-0.4, -0.2) is 23.8 Å². The Morgan fingerprint density at radius 2 is 1.95 bits per heavy atom. The van der Waals surface area contributed by atoms with Crippen LogP contribution in [0.1, 0.15) is 11.1 Å². The third kappa shape index (κ3) is 3.15. The van der Waals surface area contributed by atoms with Crippen molar-refractivity contribution in [3.8, 4) is 11.5 Å². The lowest BCUT2D eigenvalue weighted by atomic mass is 9.80. The van der Waals surface area contributed by atoms with E-state index in [1.807, 2.05) is 12.1 Å². The standard InChI is InChI=1S/C15H14BClO4/c17-13-7-10-5-6-20-15(10)11(8-13)9-21-14-3-1-12(2-4-14)16(18)19/h1-4,7-8,18-19H,5-6,9H2. The predicted molar refractivity (Wildman–Crippen MR) is 81.3 cm³/mol. The topological polar surface area (TPSA) is 58.9 Å². The molecule has 0 atom stereocenters. The van der Waals surface area contributed by atoms with Gasteiger partial charge in [-0.1, -0.05) is 23.7 Å². The van der Waals surface area contributed by atoms with Crippen LogP contribution < -0.4 is 14.9 Å². The van der Waals surface area contributed by atoms with E-state index >= 15 is 0 Å². The maximum Gasteiger partial charge on any atom is 0.488 e. The van der Waals surface area contributed by atoms with Gasteiger partial charge in [0.25, 0.3) is 0 Å². The predicted octanol–water partition coefficient (Wildman–Crippen LogP) is 1.53. The largest absolute Gasteiger partial charge is 0.493 e. The normalized spacial score (nSPS) is 12.7. The van der Waals surface area contributed by atoms with Gasteiger partial charge < -0.3 is 19.5 Å². The van der Waals surface area contributed by atoms with Crippen molar-refractivity contribution in [3.05, 3.63) is 52.5 Å². The Kier molecular flexibility index (Phi) is 4.06. The summed E-state index contributed by atoms with van der Waals surface area (Å²) < 4.78 is 11.3. The summed E-state index contributed by atoms with van der Waals surface area (Å²) in [6, 6.07) is 10.4. The number of hydrogen-bond donors (Lipinski definition) is 2. The molecule has 0 radical (unpaired) electrons. The van der Waals surface area contributed by atoms with Gasteiger partial charge in [-0.3, -0.25) is 0 Å². The zero-order valence-electron chi connectivity index (χ0n) is 11.3. The maximum atomic E-state index is 9.04. The van der Waals surface area contributed by atoms with Crippen molar-refractivity contribution >= 4 is 24.2 Å². The summed E-state index contributed by atoms with van der Waals surface area (Å²) in [5.74, 6) is 1.51. The molecule has 0 spiro atoms. The van der Waals surface area contributed by atoms with Crippen LogP contribution >= 0.6 is 11.6 Å². The van der Waals surface area contributed by atoms with E-state index in [0.29, 0.717) is 29.4 Å². The summed E-state index contributed by atoms with van der Waals surface area (Å²) >= 11 is 6.10. The van der Waals surface area contributed by atoms with Crippen LogP contribution in [0.2, 0.25) is 5.02 Å². The second-order valence-electron chi connectivity index (χ2n) is 4.88. The van der Waals surface area contributed by atoms with Gasteiger partial charge in [0.1, 0.15) is 18.1 Å². The van der Waals surface area contributed by atoms with E-state index in [-0.39, 0.29) is 0 Å². The van der Waals surface area contributed by atoms with Gasteiger partial charge in [-0.05, 0) is 35.3 Å². The van der Waals surface area contributed by atoms with Gasteiger partial charge in [0.15, 0.2) is 0 Å². The van der Waals surface area contributed by atoms with E-state index in [4.69, 9.17) is 31.1 Å². The Morgan fingerprint density at radius 1 is 1.19 bits per heavy atom. The molecule has 0 aliphatic carbocycles. The molecule has 108 valence electrons. The second-order valence-corrected chi connectivity index (χ2v) is 5.32. The third-order valence-electron chi connectivity index (χ3n) is 3.40. The molecule has 21 heavy (non-hydrogen) atoms. The minimum Gasteiger partial charge on any atom is -0.493 e. The first kappa shape index (κ1) is 14.3. The molecule has 0 bridgehead atoms. The first-order valence-corrected chi connectivity index (χ1v) is 7.04. The molecule has 1 aliphatic rings. The number of rotatable bonds is 4. The van der Waals surface area contributed by atoms with Gasteiger partial charge in [0, 0.05) is 17.0 Å². The van der Waals surface area contributed by atoms with Crippen molar-refractivity contribution in [1.29, 1.82) is 0 Å². The van der Waals surface area contributed by atoms with Crippen LogP contribution in [0.5, 0.6) is 11.5 Å². The fourth-order valence-corrected chi connectivity index (χ4v) is 2.61. The molecule has 0 fully saturated rings. The van der Waals surface area contributed by atoms with Crippen LogP contribution in [0.3, 0.4) is 0 Å². The molecule has 4 nitrogen and oxygen atoms in total. The number of benzene rings is 2. The summed E-state index contributed by atoms with van der Waals surface area (Å²) in [7, 11) is -1.47. The molecule has 0 saturated heterocycles. The summed E-state index contributed by atoms with van der Waals surface area (Å²) in [5, 5.41) is 18.8. The van der Waals surface area contributed by atoms with E-state index in [9.17, 15) is 0 Å². The van der Waals surface area contributed by atoms with Gasteiger partial charge >= 0.3 is 7.12 Å². The van der Waals surface area contributed by atoms with Crippen molar-refractivity contribution in [3.63, 3.8) is 0 Å². The summed E-state index contributed by atoms with van der Waals surface area (Å²) in [6.07, 6.45) is 0.867. The van der Waals surface area contributed by atoms with Crippen LogP contribution in [0.4, 0.5) is 0 Å². The molecule has 3 rings (SSSR count). The average molecular weight is 305 g/mol. The Labute approximate surface area is 128 Å². The van der Waals surface area contributed by atoms with Gasteiger partial charge in [-0.25, -0.2) is 0 Å². The quantitative estimate of drug-likeness (QED) is 0.841. The molecule has 2 N–H and O–H groups in total. The number of ether oxygens (including phenoxy) is 2. The first-order valence-electron chi connectivity index (χ1n) is 6.66. The van der Waals surface area contributed by atoms with Gasteiger partial charge in [0.05, 0.1) is 6.61 Å². The Balaban J connectivity index is 1.73. The SMILES string of the molecule is OB(O)c1ccc(OCc2cc(Cl)cc3c2OCC3)cc1. The van der Waals surface area contributed by atoms with Crippen molar-refractivity contribution in [2.45, 2.75) is 13.0 Å². The zero-order valence-corrected chi connectivity index (χ0v) is 12.0. The highest BCUT2D eigenvalue weighted by Crippen LogP contribution is 2.33. The fourth-order valence-electron chi connectivity index (χ4n) is 2.35. The monoisotopic (exact) mass is 304 g/mol. The number of halogens is 1. The van der Waals surface area contributed by atoms with E-state index < -0.39 is 7.12 Å². The minimum absolute atomic E-state index is 0.351. The number of hydrogen-bond acceptors (Lipinski definition) is 4. The maximum absolute atomic E-state index is 9.04. The Bertz CT molecular complexity index is 643. The van der Waals surface area contributed by atoms with Crippen molar-refractivity contribution in [2.24, 2.45) is 0 Å². The highest BCUT2D eigenvalue weighted by molar-refractivity contribution is 6.58. The molecule has 0 amide bonds. The molecular weight excluding hydrogens is 290 g/mol. The third-order valence-corrected chi connectivity index (χ3v) is 3.62. The lowest BCUT2D eigenvalue weighted by molar-refractivity contribution is 0.292. The van der Waals surface area contributed by atoms with Crippen LogP contribution in [0.25, 0.3) is 0 Å². The van der Waals surface area contributed by atoms with E-state index in [1.54, 1.807) is 24.3 Å². The van der Waals surface area contributed by atoms with Crippen molar-refractivity contribution < 1.29 is 19.5 Å². The summed E-state index contributed by atoms with van der Waals surface area (Å²) in [6.45, 7) is 1.02. The molecule has 2 aromatic rings. The lowest BCUT2D eigenvalue weighted by Gasteiger charge is -2.11. The number of fused-ring (bicyclic) bond motifs is 1. The lowest BCUT2D eigenvalue weighted by Crippen LogP contribution is -2.29. The van der Waals surface area contributed by atoms with Gasteiger partial charge in [0.2, 0.25) is 0 Å². The molecular formula is C15H14BClO4. The second kappa shape index (κ2) is 5.97. The smallest absolute Gasteiger partial charge is 0.488 e. The molecule has 0 aromatic heterocycles. The fraction of sp³-hybridized carbons (Fsp3) is 0.200. The molecule has 0 saturated carbocycles. The van der Waals surface area contributed by atoms with E-state index in [1.165, 1.54) is 0 Å². The Hall–Kier alpha value is -1.69. The summed E-state index contributed by atoms with van der Waals surface area (Å²) in [4.78, 5) is 0. The Morgan fingerprint density at radius 3 is 2.67 bits per heavy atom. The highest BCUT2D eigenvalue weighted by atomic mass is 35.5. The highest BCUT2D eigenvalue weighted by Gasteiger charge is 2.18. The van der Waals surface area contributed by atoms with Crippen LogP contribution in [0, 0.1) is 0 Å². The van der Waals surface area contributed by atoms with Crippen molar-refractivity contribution in [2.75, 3.05) is 6.61 Å². The van der Waals surface area contributed by atoms with Crippen LogP contribution in [-0.2, 0) is 13.0 Å². The average Bonchev–Trinajstić information content (AvgIpc) is 2.93. The van der Waals surface area contributed by atoms with Gasteiger partial charge in [-0.15, -0.1) is 0 Å². The molecule has 2 aromatic carbocycles. The van der Waals surface area contributed by atoms with E-state index in [2.05, 4.69) is 0 Å². The molecule has 0 unspecified atom stereocenters. The zero-order chi connectivity index (χ0) is 14.8. The molecule has 1 heterocycles. The van der Waals surface area contributed by atoms with Crippen LogP contribution in [0.15, 0.2) is 36.4 Å². The summed E-state index contributed by atoms with van der Waals surface area (Å²) in [5.41, 5.74) is 2.45. The first-order chi connectivity index (χ1) is 10.1.